The van der Waals surface area contributed by atoms with Gasteiger partial charge in [-0.25, -0.2) is 4.79 Å². The zero-order valence-electron chi connectivity index (χ0n) is 14.9. The maximum Gasteiger partial charge on any atom is 0.335 e. The third-order valence-electron chi connectivity index (χ3n) is 4.02. The van der Waals surface area contributed by atoms with Crippen molar-refractivity contribution in [3.63, 3.8) is 0 Å². The van der Waals surface area contributed by atoms with Gasteiger partial charge in [0.2, 0.25) is 5.91 Å². The van der Waals surface area contributed by atoms with E-state index in [4.69, 9.17) is 5.11 Å². The molecule has 0 aliphatic heterocycles. The fraction of sp³-hybridized carbons (Fsp3) is 0.0455. The molecule has 0 unspecified atom stereocenters. The third kappa shape index (κ3) is 4.82. The van der Waals surface area contributed by atoms with Gasteiger partial charge in [0.25, 0.3) is 5.91 Å². The molecular weight excluding hydrogens is 356 g/mol. The van der Waals surface area contributed by atoms with Gasteiger partial charge in [0.15, 0.2) is 0 Å². The molecule has 2 amide bonds. The Morgan fingerprint density at radius 3 is 2.25 bits per heavy atom. The lowest BCUT2D eigenvalue weighted by atomic mass is 10.1. The van der Waals surface area contributed by atoms with Gasteiger partial charge in [-0.05, 0) is 35.9 Å². The molecule has 0 fully saturated rings. The van der Waals surface area contributed by atoms with Gasteiger partial charge in [0.05, 0.1) is 23.2 Å². The highest BCUT2D eigenvalue weighted by molar-refractivity contribution is 6.10. The second kappa shape index (κ2) is 8.64. The van der Waals surface area contributed by atoms with Crippen LogP contribution in [0.3, 0.4) is 0 Å². The molecule has 0 bridgehead atoms. The van der Waals surface area contributed by atoms with Crippen molar-refractivity contribution in [2.45, 2.75) is 6.42 Å². The van der Waals surface area contributed by atoms with Crippen molar-refractivity contribution in [2.75, 3.05) is 10.6 Å². The van der Waals surface area contributed by atoms with E-state index in [1.807, 2.05) is 30.3 Å². The molecule has 0 saturated carbocycles. The maximum atomic E-state index is 12.6. The Labute approximate surface area is 161 Å². The van der Waals surface area contributed by atoms with Crippen LogP contribution in [-0.4, -0.2) is 22.9 Å². The lowest BCUT2D eigenvalue weighted by molar-refractivity contribution is -0.115. The third-order valence-corrected chi connectivity index (χ3v) is 4.02. The summed E-state index contributed by atoms with van der Waals surface area (Å²) in [5, 5.41) is 14.5. The molecule has 0 aliphatic rings. The monoisotopic (exact) mass is 374 g/mol. The summed E-state index contributed by atoms with van der Waals surface area (Å²) in [5.74, 6) is -1.76. The second-order valence-electron chi connectivity index (χ2n) is 6.10. The van der Waals surface area contributed by atoms with Gasteiger partial charge < -0.3 is 15.7 Å². The Morgan fingerprint density at radius 1 is 0.786 bits per heavy atom. The highest BCUT2D eigenvalue weighted by Gasteiger charge is 2.14. The van der Waals surface area contributed by atoms with Gasteiger partial charge in [-0.2, -0.15) is 0 Å². The van der Waals surface area contributed by atoms with Crippen molar-refractivity contribution in [3.8, 4) is 0 Å². The Morgan fingerprint density at radius 2 is 1.50 bits per heavy atom. The number of carboxylic acids is 1. The first-order chi connectivity index (χ1) is 13.5. The van der Waals surface area contributed by atoms with Crippen LogP contribution in [0.25, 0.3) is 0 Å². The molecular formula is C22H18N2O4. The fourth-order valence-electron chi connectivity index (χ4n) is 2.69. The number of hydrogen-bond donors (Lipinski definition) is 3. The topological polar surface area (TPSA) is 95.5 Å². The summed E-state index contributed by atoms with van der Waals surface area (Å²) in [4.78, 5) is 36.0. The minimum Gasteiger partial charge on any atom is -0.478 e. The SMILES string of the molecule is O=C(Cc1ccccc1)Nc1ccccc1C(=O)Nc1cccc(C(=O)O)c1. The average Bonchev–Trinajstić information content (AvgIpc) is 2.69. The molecule has 28 heavy (non-hydrogen) atoms. The summed E-state index contributed by atoms with van der Waals surface area (Å²) in [6.07, 6.45) is 0.192. The van der Waals surface area contributed by atoms with E-state index in [0.717, 1.165) is 5.56 Å². The number of aromatic carboxylic acids is 1. The summed E-state index contributed by atoms with van der Waals surface area (Å²) >= 11 is 0. The molecule has 0 spiro atoms. The summed E-state index contributed by atoms with van der Waals surface area (Å²) in [6, 6.07) is 21.9. The predicted octanol–water partition coefficient (Wildman–Crippen LogP) is 3.82. The standard InChI is InChI=1S/C22H18N2O4/c25-20(13-15-7-2-1-3-8-15)24-19-12-5-4-11-18(19)21(26)23-17-10-6-9-16(14-17)22(27)28/h1-12,14H,13H2,(H,23,26)(H,24,25)(H,27,28). The number of rotatable bonds is 6. The highest BCUT2D eigenvalue weighted by Crippen LogP contribution is 2.19. The minimum atomic E-state index is -1.08. The summed E-state index contributed by atoms with van der Waals surface area (Å²) in [5.41, 5.74) is 1.96. The maximum absolute atomic E-state index is 12.6. The van der Waals surface area contributed by atoms with Crippen molar-refractivity contribution in [2.24, 2.45) is 0 Å². The Kier molecular flexibility index (Phi) is 5.81. The number of para-hydroxylation sites is 1. The Hall–Kier alpha value is -3.93. The van der Waals surface area contributed by atoms with Gasteiger partial charge in [-0.1, -0.05) is 48.5 Å². The number of amides is 2. The molecule has 6 heteroatoms. The summed E-state index contributed by atoms with van der Waals surface area (Å²) in [7, 11) is 0. The van der Waals surface area contributed by atoms with Crippen molar-refractivity contribution < 1.29 is 19.5 Å². The van der Waals surface area contributed by atoms with Crippen LogP contribution in [0.15, 0.2) is 78.9 Å². The van der Waals surface area contributed by atoms with E-state index in [1.165, 1.54) is 12.1 Å². The van der Waals surface area contributed by atoms with Crippen LogP contribution in [0.1, 0.15) is 26.3 Å². The molecule has 0 saturated heterocycles. The highest BCUT2D eigenvalue weighted by atomic mass is 16.4. The van der Waals surface area contributed by atoms with E-state index in [-0.39, 0.29) is 23.5 Å². The molecule has 3 aromatic carbocycles. The number of carbonyl (C=O) groups is 3. The normalized spacial score (nSPS) is 10.1. The van der Waals surface area contributed by atoms with E-state index in [0.29, 0.717) is 11.4 Å². The minimum absolute atomic E-state index is 0.0715. The van der Waals surface area contributed by atoms with Crippen molar-refractivity contribution in [1.82, 2.24) is 0 Å². The summed E-state index contributed by atoms with van der Waals surface area (Å²) < 4.78 is 0. The first-order valence-corrected chi connectivity index (χ1v) is 8.60. The zero-order valence-corrected chi connectivity index (χ0v) is 14.9. The average molecular weight is 374 g/mol. The van der Waals surface area contributed by atoms with Crippen molar-refractivity contribution in [3.05, 3.63) is 95.6 Å². The molecule has 3 aromatic rings. The lowest BCUT2D eigenvalue weighted by Gasteiger charge is -2.12. The number of benzene rings is 3. The first kappa shape index (κ1) is 18.8. The molecule has 3 rings (SSSR count). The second-order valence-corrected chi connectivity index (χ2v) is 6.10. The molecule has 0 heterocycles. The molecule has 3 N–H and O–H groups in total. The number of anilines is 2. The molecule has 0 aromatic heterocycles. The van der Waals surface area contributed by atoms with Crippen molar-refractivity contribution >= 4 is 29.2 Å². The largest absolute Gasteiger partial charge is 0.478 e. The van der Waals surface area contributed by atoms with Crippen LogP contribution in [0.4, 0.5) is 11.4 Å². The van der Waals surface area contributed by atoms with Gasteiger partial charge >= 0.3 is 5.97 Å². The van der Waals surface area contributed by atoms with Gasteiger partial charge in [0.1, 0.15) is 0 Å². The number of hydrogen-bond acceptors (Lipinski definition) is 3. The fourth-order valence-corrected chi connectivity index (χ4v) is 2.69. The van der Waals surface area contributed by atoms with Crippen LogP contribution in [0.2, 0.25) is 0 Å². The van der Waals surface area contributed by atoms with Gasteiger partial charge in [-0.3, -0.25) is 9.59 Å². The molecule has 6 nitrogen and oxygen atoms in total. The van der Waals surface area contributed by atoms with E-state index in [9.17, 15) is 14.4 Å². The van der Waals surface area contributed by atoms with E-state index >= 15 is 0 Å². The quantitative estimate of drug-likeness (QED) is 0.611. The van der Waals surface area contributed by atoms with E-state index in [2.05, 4.69) is 10.6 Å². The molecule has 0 atom stereocenters. The number of carbonyl (C=O) groups excluding carboxylic acids is 2. The van der Waals surface area contributed by atoms with Crippen LogP contribution >= 0.6 is 0 Å². The van der Waals surface area contributed by atoms with Crippen LogP contribution in [0.5, 0.6) is 0 Å². The molecule has 0 radical (unpaired) electrons. The van der Waals surface area contributed by atoms with Crippen LogP contribution in [0, 0.1) is 0 Å². The smallest absolute Gasteiger partial charge is 0.335 e. The van der Waals surface area contributed by atoms with Crippen LogP contribution in [-0.2, 0) is 11.2 Å². The van der Waals surface area contributed by atoms with E-state index in [1.54, 1.807) is 36.4 Å². The Balaban J connectivity index is 1.74. The Bertz CT molecular complexity index is 1020. The number of nitrogens with one attached hydrogen (secondary N) is 2. The van der Waals surface area contributed by atoms with Gasteiger partial charge in [-0.15, -0.1) is 0 Å². The first-order valence-electron chi connectivity index (χ1n) is 8.60. The van der Waals surface area contributed by atoms with E-state index < -0.39 is 11.9 Å². The van der Waals surface area contributed by atoms with Crippen LogP contribution < -0.4 is 10.6 Å². The predicted molar refractivity (Wildman–Crippen MR) is 107 cm³/mol. The lowest BCUT2D eigenvalue weighted by Crippen LogP contribution is -2.19. The summed E-state index contributed by atoms with van der Waals surface area (Å²) in [6.45, 7) is 0. The molecule has 0 aliphatic carbocycles. The molecule has 140 valence electrons. The van der Waals surface area contributed by atoms with Gasteiger partial charge in [0, 0.05) is 5.69 Å². The number of carboxylic acid groups (broad SMARTS) is 1. The van der Waals surface area contributed by atoms with Crippen molar-refractivity contribution in [1.29, 1.82) is 0 Å². The zero-order chi connectivity index (χ0) is 19.9.